The van der Waals surface area contributed by atoms with Gasteiger partial charge in [0.25, 0.3) is 0 Å². The lowest BCUT2D eigenvalue weighted by molar-refractivity contribution is 0.436. The van der Waals surface area contributed by atoms with Crippen LogP contribution in [0.5, 0.6) is 0 Å². The number of rotatable bonds is 5. The number of hydrogen-bond acceptors (Lipinski definition) is 4. The lowest BCUT2D eigenvalue weighted by Gasteiger charge is -2.25. The fourth-order valence-electron chi connectivity index (χ4n) is 3.98. The van der Waals surface area contributed by atoms with Gasteiger partial charge in [-0.05, 0) is 55.4 Å². The number of halogens is 1. The van der Waals surface area contributed by atoms with Crippen molar-refractivity contribution in [2.75, 3.05) is 0 Å². The Morgan fingerprint density at radius 2 is 2.08 bits per heavy atom. The van der Waals surface area contributed by atoms with Gasteiger partial charge in [0.15, 0.2) is 5.65 Å². The highest BCUT2D eigenvalue weighted by Gasteiger charge is 2.36. The number of imidazole rings is 1. The van der Waals surface area contributed by atoms with Crippen LogP contribution in [-0.2, 0) is 5.54 Å². The third-order valence-corrected chi connectivity index (χ3v) is 5.56. The Balaban J connectivity index is 1.83. The molecule has 0 bridgehead atoms. The molecule has 1 aliphatic carbocycles. The van der Waals surface area contributed by atoms with E-state index in [1.807, 2.05) is 18.6 Å². The first-order valence-electron chi connectivity index (χ1n) is 9.23. The molecule has 0 saturated heterocycles. The van der Waals surface area contributed by atoms with Gasteiger partial charge < -0.3 is 4.57 Å². The number of nitrogens with zero attached hydrogens (tertiary/aromatic N) is 5. The van der Waals surface area contributed by atoms with Crippen molar-refractivity contribution < 1.29 is 0 Å². The highest BCUT2D eigenvalue weighted by atomic mass is 35.5. The third kappa shape index (κ3) is 2.99. The zero-order valence-electron chi connectivity index (χ0n) is 14.8. The van der Waals surface area contributed by atoms with Gasteiger partial charge in [-0.3, -0.25) is 4.99 Å². The molecule has 6 heteroatoms. The summed E-state index contributed by atoms with van der Waals surface area (Å²) >= 11 is 6.32. The summed E-state index contributed by atoms with van der Waals surface area (Å²) in [5, 5.41) is 0.279. The average Bonchev–Trinajstić information content (AvgIpc) is 3.32. The van der Waals surface area contributed by atoms with Crippen molar-refractivity contribution in [3.05, 3.63) is 29.5 Å². The largest absolute Gasteiger partial charge is 0.312 e. The van der Waals surface area contributed by atoms with Crippen LogP contribution in [0.25, 0.3) is 11.2 Å². The summed E-state index contributed by atoms with van der Waals surface area (Å²) in [6.07, 6.45) is 14.7. The van der Waals surface area contributed by atoms with Crippen molar-refractivity contribution in [1.82, 2.24) is 19.5 Å². The van der Waals surface area contributed by atoms with Crippen LogP contribution < -0.4 is 0 Å². The SMILES string of the molecule is CC(C)CCC1(c2nc(Cl)nc3c2ncn3C2CCCC2)C=CC=N1. The number of fused-ring (bicyclic) bond motifs is 1. The molecule has 5 nitrogen and oxygen atoms in total. The maximum absolute atomic E-state index is 6.32. The number of aliphatic imine (C=N–C) groups is 1. The Bertz CT molecular complexity index is 818. The molecule has 25 heavy (non-hydrogen) atoms. The molecule has 0 aromatic carbocycles. The molecule has 2 aliphatic rings. The smallest absolute Gasteiger partial charge is 0.224 e. The quantitative estimate of drug-likeness (QED) is 0.717. The molecule has 1 saturated carbocycles. The standard InChI is InChI=1S/C19H24ClN5/c1-13(2)8-10-19(9-5-11-22-19)16-15-17(24-18(20)23-16)25(12-21-15)14-6-3-4-7-14/h5,9,11-14H,3-4,6-8,10H2,1-2H3. The molecular weight excluding hydrogens is 334 g/mol. The Hall–Kier alpha value is -1.75. The minimum Gasteiger partial charge on any atom is -0.312 e. The molecule has 3 heterocycles. The van der Waals surface area contributed by atoms with Crippen LogP contribution in [0.4, 0.5) is 0 Å². The first-order valence-corrected chi connectivity index (χ1v) is 9.60. The summed E-state index contributed by atoms with van der Waals surface area (Å²) in [7, 11) is 0. The van der Waals surface area contributed by atoms with Crippen molar-refractivity contribution >= 4 is 29.0 Å². The fourth-order valence-corrected chi connectivity index (χ4v) is 4.14. The van der Waals surface area contributed by atoms with Crippen LogP contribution in [-0.4, -0.2) is 25.7 Å². The highest BCUT2D eigenvalue weighted by molar-refractivity contribution is 6.28. The summed E-state index contributed by atoms with van der Waals surface area (Å²) in [5.41, 5.74) is 2.05. The van der Waals surface area contributed by atoms with Crippen molar-refractivity contribution in [2.24, 2.45) is 10.9 Å². The van der Waals surface area contributed by atoms with E-state index >= 15 is 0 Å². The summed E-state index contributed by atoms with van der Waals surface area (Å²) in [5.74, 6) is 0.602. The minimum absolute atomic E-state index is 0.279. The van der Waals surface area contributed by atoms with Crippen LogP contribution in [0.15, 0.2) is 23.5 Å². The van der Waals surface area contributed by atoms with Crippen LogP contribution >= 0.6 is 11.6 Å². The average molecular weight is 358 g/mol. The van der Waals surface area contributed by atoms with Crippen LogP contribution in [0.3, 0.4) is 0 Å². The molecule has 1 atom stereocenters. The molecule has 1 unspecified atom stereocenters. The van der Waals surface area contributed by atoms with Crippen molar-refractivity contribution in [3.63, 3.8) is 0 Å². The second-order valence-electron chi connectivity index (χ2n) is 7.60. The molecule has 132 valence electrons. The summed E-state index contributed by atoms with van der Waals surface area (Å²) in [6, 6.07) is 0.470. The topological polar surface area (TPSA) is 56.0 Å². The van der Waals surface area contributed by atoms with Crippen molar-refractivity contribution in [1.29, 1.82) is 0 Å². The molecule has 2 aromatic rings. The highest BCUT2D eigenvalue weighted by Crippen LogP contribution is 2.39. The van der Waals surface area contributed by atoms with Gasteiger partial charge >= 0.3 is 0 Å². The van der Waals surface area contributed by atoms with Crippen molar-refractivity contribution in [2.45, 2.75) is 64.0 Å². The molecule has 0 radical (unpaired) electrons. The molecule has 0 spiro atoms. The first kappa shape index (κ1) is 16.7. The van der Waals surface area contributed by atoms with Crippen LogP contribution in [0, 0.1) is 5.92 Å². The lowest BCUT2D eigenvalue weighted by Crippen LogP contribution is -2.23. The number of hydrogen-bond donors (Lipinski definition) is 0. The van der Waals surface area contributed by atoms with Gasteiger partial charge in [-0.25, -0.2) is 9.97 Å². The van der Waals surface area contributed by atoms with E-state index < -0.39 is 5.54 Å². The Labute approximate surface area is 153 Å². The van der Waals surface area contributed by atoms with Gasteiger partial charge in [0.1, 0.15) is 16.7 Å². The van der Waals surface area contributed by atoms with Crippen LogP contribution in [0.1, 0.15) is 64.1 Å². The molecule has 1 aliphatic heterocycles. The molecule has 1 fully saturated rings. The van der Waals surface area contributed by atoms with Gasteiger partial charge in [0.2, 0.25) is 5.28 Å². The zero-order chi connectivity index (χ0) is 17.4. The normalized spacial score (nSPS) is 23.5. The molecule has 4 rings (SSSR count). The Morgan fingerprint density at radius 3 is 2.76 bits per heavy atom. The fraction of sp³-hybridized carbons (Fsp3) is 0.579. The summed E-state index contributed by atoms with van der Waals surface area (Å²) < 4.78 is 2.19. The predicted octanol–water partition coefficient (Wildman–Crippen LogP) is 4.87. The van der Waals surface area contributed by atoms with E-state index in [0.717, 1.165) is 29.7 Å². The first-order chi connectivity index (χ1) is 12.1. The maximum atomic E-state index is 6.32. The van der Waals surface area contributed by atoms with E-state index in [1.54, 1.807) is 0 Å². The van der Waals surface area contributed by atoms with Gasteiger partial charge in [-0.15, -0.1) is 0 Å². The summed E-state index contributed by atoms with van der Waals surface area (Å²) in [4.78, 5) is 18.6. The van der Waals surface area contributed by atoms with E-state index in [9.17, 15) is 0 Å². The van der Waals surface area contributed by atoms with Crippen molar-refractivity contribution in [3.8, 4) is 0 Å². The third-order valence-electron chi connectivity index (χ3n) is 5.39. The summed E-state index contributed by atoms with van der Waals surface area (Å²) in [6.45, 7) is 4.46. The van der Waals surface area contributed by atoms with Gasteiger partial charge in [-0.2, -0.15) is 4.98 Å². The van der Waals surface area contributed by atoms with E-state index in [2.05, 4.69) is 34.5 Å². The zero-order valence-corrected chi connectivity index (χ0v) is 15.6. The minimum atomic E-state index is -0.468. The van der Waals surface area contributed by atoms with Crippen LogP contribution in [0.2, 0.25) is 5.28 Å². The number of allylic oxidation sites excluding steroid dienone is 1. The van der Waals surface area contributed by atoms with Gasteiger partial charge in [0, 0.05) is 12.3 Å². The molecule has 2 aromatic heterocycles. The van der Waals surface area contributed by atoms with Gasteiger partial charge in [-0.1, -0.05) is 26.7 Å². The Morgan fingerprint density at radius 1 is 1.28 bits per heavy atom. The maximum Gasteiger partial charge on any atom is 0.224 e. The monoisotopic (exact) mass is 357 g/mol. The second-order valence-corrected chi connectivity index (χ2v) is 7.94. The van der Waals surface area contributed by atoms with Gasteiger partial charge in [0.05, 0.1) is 6.33 Å². The predicted molar refractivity (Wildman–Crippen MR) is 101 cm³/mol. The molecule has 0 amide bonds. The number of aromatic nitrogens is 4. The lowest BCUT2D eigenvalue weighted by atomic mass is 9.87. The second kappa shape index (κ2) is 6.52. The van der Waals surface area contributed by atoms with E-state index in [1.165, 1.54) is 25.7 Å². The van der Waals surface area contributed by atoms with E-state index in [0.29, 0.717) is 12.0 Å². The Kier molecular flexibility index (Phi) is 4.36. The van der Waals surface area contributed by atoms with E-state index in [-0.39, 0.29) is 5.28 Å². The van der Waals surface area contributed by atoms with E-state index in [4.69, 9.17) is 21.6 Å². The molecule has 0 N–H and O–H groups in total. The molecular formula is C19H24ClN5.